The van der Waals surface area contributed by atoms with E-state index >= 15 is 0 Å². The van der Waals surface area contributed by atoms with Gasteiger partial charge in [-0.3, -0.25) is 4.90 Å². The molecule has 0 radical (unpaired) electrons. The lowest BCUT2D eigenvalue weighted by Crippen LogP contribution is -2.51. The molecular formula is C12H26N2O2. The minimum atomic E-state index is 0.700. The van der Waals surface area contributed by atoms with Crippen molar-refractivity contribution in [2.24, 2.45) is 0 Å². The van der Waals surface area contributed by atoms with E-state index in [9.17, 15) is 0 Å². The predicted molar refractivity (Wildman–Crippen MR) is 65.8 cm³/mol. The number of piperazine rings is 1. The van der Waals surface area contributed by atoms with Crippen molar-refractivity contribution in [2.75, 3.05) is 53.1 Å². The number of hydrogen-bond acceptors (Lipinski definition) is 4. The average molecular weight is 230 g/mol. The molecule has 1 saturated heterocycles. The molecule has 0 spiro atoms. The Labute approximate surface area is 99.3 Å². The molecule has 1 aliphatic heterocycles. The van der Waals surface area contributed by atoms with Gasteiger partial charge in [-0.15, -0.1) is 0 Å². The second-order valence-corrected chi connectivity index (χ2v) is 4.26. The summed E-state index contributed by atoms with van der Waals surface area (Å²) < 4.78 is 10.4. The summed E-state index contributed by atoms with van der Waals surface area (Å²) >= 11 is 0. The Balaban J connectivity index is 2.02. The van der Waals surface area contributed by atoms with Crippen LogP contribution in [0.3, 0.4) is 0 Å². The van der Waals surface area contributed by atoms with Gasteiger partial charge in [0.05, 0.1) is 13.2 Å². The molecule has 1 atom stereocenters. The van der Waals surface area contributed by atoms with Crippen LogP contribution in [-0.2, 0) is 9.47 Å². The van der Waals surface area contributed by atoms with Gasteiger partial charge in [0.25, 0.3) is 0 Å². The van der Waals surface area contributed by atoms with E-state index in [1.54, 1.807) is 7.11 Å². The SMILES string of the molecule is CCC1CNCCN1CCCOCCOC. The fraction of sp³-hybridized carbons (Fsp3) is 1.00. The van der Waals surface area contributed by atoms with Crippen LogP contribution in [0, 0.1) is 0 Å². The van der Waals surface area contributed by atoms with E-state index in [0.717, 1.165) is 39.3 Å². The summed E-state index contributed by atoms with van der Waals surface area (Å²) in [5, 5.41) is 3.44. The number of nitrogens with one attached hydrogen (secondary N) is 1. The van der Waals surface area contributed by atoms with E-state index in [4.69, 9.17) is 9.47 Å². The molecule has 0 aliphatic carbocycles. The molecule has 96 valence electrons. The minimum Gasteiger partial charge on any atom is -0.382 e. The first-order valence-corrected chi connectivity index (χ1v) is 6.40. The molecule has 4 heteroatoms. The van der Waals surface area contributed by atoms with Gasteiger partial charge in [0.1, 0.15) is 0 Å². The first-order chi connectivity index (χ1) is 7.88. The van der Waals surface area contributed by atoms with Crippen molar-refractivity contribution in [1.82, 2.24) is 10.2 Å². The van der Waals surface area contributed by atoms with Gasteiger partial charge >= 0.3 is 0 Å². The Bertz CT molecular complexity index is 167. The molecule has 1 fully saturated rings. The Kier molecular flexibility index (Phi) is 7.76. The summed E-state index contributed by atoms with van der Waals surface area (Å²) in [7, 11) is 1.70. The van der Waals surface area contributed by atoms with Gasteiger partial charge < -0.3 is 14.8 Å². The summed E-state index contributed by atoms with van der Waals surface area (Å²) in [6.45, 7) is 9.13. The highest BCUT2D eigenvalue weighted by Gasteiger charge is 2.19. The first kappa shape index (κ1) is 13.9. The van der Waals surface area contributed by atoms with Gasteiger partial charge in [0.15, 0.2) is 0 Å². The van der Waals surface area contributed by atoms with Crippen LogP contribution in [0.5, 0.6) is 0 Å². The molecule has 1 N–H and O–H groups in total. The van der Waals surface area contributed by atoms with Gasteiger partial charge in [-0.05, 0) is 12.8 Å². The first-order valence-electron chi connectivity index (χ1n) is 6.40. The molecule has 1 unspecified atom stereocenters. The van der Waals surface area contributed by atoms with Gasteiger partial charge in [0.2, 0.25) is 0 Å². The van der Waals surface area contributed by atoms with Gasteiger partial charge in [-0.25, -0.2) is 0 Å². The van der Waals surface area contributed by atoms with Gasteiger partial charge in [-0.1, -0.05) is 6.92 Å². The monoisotopic (exact) mass is 230 g/mol. The predicted octanol–water partition coefficient (Wildman–Crippen LogP) is 0.723. The second-order valence-electron chi connectivity index (χ2n) is 4.26. The zero-order valence-corrected chi connectivity index (χ0v) is 10.7. The van der Waals surface area contributed by atoms with Crippen LogP contribution in [-0.4, -0.2) is 64.1 Å². The van der Waals surface area contributed by atoms with Crippen molar-refractivity contribution < 1.29 is 9.47 Å². The van der Waals surface area contributed by atoms with Crippen LogP contribution < -0.4 is 5.32 Å². The Hall–Kier alpha value is -0.160. The van der Waals surface area contributed by atoms with Gasteiger partial charge in [-0.2, -0.15) is 0 Å². The zero-order valence-electron chi connectivity index (χ0n) is 10.7. The third-order valence-electron chi connectivity index (χ3n) is 3.11. The van der Waals surface area contributed by atoms with E-state index in [1.165, 1.54) is 13.0 Å². The van der Waals surface area contributed by atoms with E-state index in [1.807, 2.05) is 0 Å². The van der Waals surface area contributed by atoms with Crippen molar-refractivity contribution in [3.63, 3.8) is 0 Å². The van der Waals surface area contributed by atoms with Crippen molar-refractivity contribution >= 4 is 0 Å². The van der Waals surface area contributed by atoms with Crippen molar-refractivity contribution in [3.05, 3.63) is 0 Å². The topological polar surface area (TPSA) is 33.7 Å². The van der Waals surface area contributed by atoms with Crippen molar-refractivity contribution in [2.45, 2.75) is 25.8 Å². The fourth-order valence-corrected chi connectivity index (χ4v) is 2.11. The van der Waals surface area contributed by atoms with Crippen molar-refractivity contribution in [1.29, 1.82) is 0 Å². The fourth-order valence-electron chi connectivity index (χ4n) is 2.11. The third-order valence-corrected chi connectivity index (χ3v) is 3.11. The minimum absolute atomic E-state index is 0.700. The van der Waals surface area contributed by atoms with Crippen LogP contribution in [0.25, 0.3) is 0 Å². The Morgan fingerprint density at radius 3 is 2.94 bits per heavy atom. The largest absolute Gasteiger partial charge is 0.382 e. The highest BCUT2D eigenvalue weighted by atomic mass is 16.5. The van der Waals surface area contributed by atoms with E-state index < -0.39 is 0 Å². The molecular weight excluding hydrogens is 204 g/mol. The quantitative estimate of drug-likeness (QED) is 0.623. The Morgan fingerprint density at radius 2 is 2.19 bits per heavy atom. The molecule has 0 saturated carbocycles. The maximum atomic E-state index is 5.47. The third kappa shape index (κ3) is 5.25. The molecule has 0 aromatic carbocycles. The number of ether oxygens (including phenoxy) is 2. The van der Waals surface area contributed by atoms with E-state index in [2.05, 4.69) is 17.1 Å². The lowest BCUT2D eigenvalue weighted by molar-refractivity contribution is 0.0604. The summed E-state index contributed by atoms with van der Waals surface area (Å²) in [6.07, 6.45) is 2.36. The van der Waals surface area contributed by atoms with E-state index in [-0.39, 0.29) is 0 Å². The smallest absolute Gasteiger partial charge is 0.0700 e. The van der Waals surface area contributed by atoms with Crippen LogP contribution in [0.4, 0.5) is 0 Å². The summed E-state index contributed by atoms with van der Waals surface area (Å²) in [5.41, 5.74) is 0. The lowest BCUT2D eigenvalue weighted by atomic mass is 10.1. The molecule has 4 nitrogen and oxygen atoms in total. The summed E-state index contributed by atoms with van der Waals surface area (Å²) in [5.74, 6) is 0. The summed E-state index contributed by atoms with van der Waals surface area (Å²) in [6, 6.07) is 0.715. The van der Waals surface area contributed by atoms with Crippen LogP contribution in [0.1, 0.15) is 19.8 Å². The molecule has 0 amide bonds. The zero-order chi connectivity index (χ0) is 11.6. The van der Waals surface area contributed by atoms with E-state index in [0.29, 0.717) is 12.6 Å². The molecule has 0 bridgehead atoms. The normalized spacial score (nSPS) is 22.5. The maximum Gasteiger partial charge on any atom is 0.0700 e. The number of rotatable bonds is 8. The number of methoxy groups -OCH3 is 1. The molecule has 1 heterocycles. The molecule has 1 rings (SSSR count). The number of hydrogen-bond donors (Lipinski definition) is 1. The molecule has 16 heavy (non-hydrogen) atoms. The lowest BCUT2D eigenvalue weighted by Gasteiger charge is -2.35. The van der Waals surface area contributed by atoms with Gasteiger partial charge in [0, 0.05) is 45.9 Å². The van der Waals surface area contributed by atoms with Crippen LogP contribution >= 0.6 is 0 Å². The molecule has 0 aromatic heterocycles. The maximum absolute atomic E-state index is 5.47. The standard InChI is InChI=1S/C12H26N2O2/c1-3-12-11-13-5-7-14(12)6-4-8-16-10-9-15-2/h12-13H,3-11H2,1-2H3. The Morgan fingerprint density at radius 1 is 1.31 bits per heavy atom. The highest BCUT2D eigenvalue weighted by Crippen LogP contribution is 2.07. The van der Waals surface area contributed by atoms with Crippen molar-refractivity contribution in [3.8, 4) is 0 Å². The summed E-state index contributed by atoms with van der Waals surface area (Å²) in [4.78, 5) is 2.58. The molecule has 1 aliphatic rings. The molecule has 0 aromatic rings. The highest BCUT2D eigenvalue weighted by molar-refractivity contribution is 4.78. The van der Waals surface area contributed by atoms with Crippen LogP contribution in [0.2, 0.25) is 0 Å². The second kappa shape index (κ2) is 8.93. The number of nitrogens with zero attached hydrogens (tertiary/aromatic N) is 1. The average Bonchev–Trinajstić information content (AvgIpc) is 2.34. The van der Waals surface area contributed by atoms with Crippen LogP contribution in [0.15, 0.2) is 0 Å².